The predicted octanol–water partition coefficient (Wildman–Crippen LogP) is 4.31. The Kier molecular flexibility index (Phi) is 5.43. The van der Waals surface area contributed by atoms with Crippen molar-refractivity contribution >= 4 is 40.5 Å². The summed E-state index contributed by atoms with van der Waals surface area (Å²) < 4.78 is 5.15. The van der Waals surface area contributed by atoms with E-state index >= 15 is 0 Å². The molecular weight excluding hydrogens is 462 g/mol. The summed E-state index contributed by atoms with van der Waals surface area (Å²) in [5, 5.41) is 13.4. The fourth-order valence-electron chi connectivity index (χ4n) is 4.37. The van der Waals surface area contributed by atoms with Crippen LogP contribution in [0.2, 0.25) is 5.02 Å². The van der Waals surface area contributed by atoms with Crippen LogP contribution in [0.1, 0.15) is 11.6 Å². The van der Waals surface area contributed by atoms with Crippen LogP contribution < -0.4 is 14.7 Å². The van der Waals surface area contributed by atoms with Crippen molar-refractivity contribution in [2.24, 2.45) is 5.92 Å². The number of methoxy groups -OCH3 is 1. The van der Waals surface area contributed by atoms with Crippen molar-refractivity contribution in [2.75, 3.05) is 17.1 Å². The lowest BCUT2D eigenvalue weighted by molar-refractivity contribution is -0.384. The number of carbonyl (C=O) groups excluding carboxylic acids is 2. The van der Waals surface area contributed by atoms with Gasteiger partial charge in [0.2, 0.25) is 5.91 Å². The molecule has 0 saturated carbocycles. The van der Waals surface area contributed by atoms with E-state index in [2.05, 4.69) is 0 Å². The number of ether oxygens (including phenoxy) is 1. The number of non-ortho nitro benzene ring substituents is 1. The minimum Gasteiger partial charge on any atom is -0.497 e. The van der Waals surface area contributed by atoms with Gasteiger partial charge in [0, 0.05) is 17.2 Å². The van der Waals surface area contributed by atoms with Crippen molar-refractivity contribution < 1.29 is 24.1 Å². The summed E-state index contributed by atoms with van der Waals surface area (Å²) in [7, 11) is 1.52. The largest absolute Gasteiger partial charge is 0.497 e. The van der Waals surface area contributed by atoms with Gasteiger partial charge < -0.3 is 4.74 Å². The van der Waals surface area contributed by atoms with Gasteiger partial charge >= 0.3 is 0 Å². The average molecular weight is 480 g/mol. The normalized spacial score (nSPS) is 21.6. The monoisotopic (exact) mass is 479 g/mol. The van der Waals surface area contributed by atoms with Crippen molar-refractivity contribution in [3.63, 3.8) is 0 Å². The number of carbonyl (C=O) groups is 2. The molecule has 0 bridgehead atoms. The van der Waals surface area contributed by atoms with Gasteiger partial charge in [-0.05, 0) is 54.1 Å². The maximum atomic E-state index is 13.6. The summed E-state index contributed by atoms with van der Waals surface area (Å²) >= 11 is 6.02. The number of hydrogen-bond donors (Lipinski definition) is 0. The van der Waals surface area contributed by atoms with E-state index in [-0.39, 0.29) is 5.69 Å². The Morgan fingerprint density at radius 2 is 1.65 bits per heavy atom. The smallest absolute Gasteiger partial charge is 0.269 e. The molecule has 5 rings (SSSR count). The first-order chi connectivity index (χ1) is 16.4. The van der Waals surface area contributed by atoms with Crippen LogP contribution >= 0.6 is 11.6 Å². The first-order valence-corrected chi connectivity index (χ1v) is 10.7. The van der Waals surface area contributed by atoms with Gasteiger partial charge in [-0.25, -0.2) is 9.96 Å². The number of imide groups is 1. The highest BCUT2D eigenvalue weighted by Crippen LogP contribution is 2.48. The SMILES string of the molecule is COc1ccc(N2C(=O)[C@@H]3[C@@H](c4cccc([N+](=O)[O-])c4)N(c4ccc(Cl)cc4)O[C@H]3C2=O)cc1. The Bertz CT molecular complexity index is 1280. The molecular formula is C24H18ClN3O6. The number of benzene rings is 3. The molecule has 2 aliphatic heterocycles. The molecule has 0 aromatic heterocycles. The van der Waals surface area contributed by atoms with Crippen LogP contribution in [0.25, 0.3) is 0 Å². The number of amides is 2. The number of anilines is 2. The first-order valence-electron chi connectivity index (χ1n) is 10.4. The second-order valence-electron chi connectivity index (χ2n) is 7.86. The summed E-state index contributed by atoms with van der Waals surface area (Å²) in [6, 6.07) is 18.5. The van der Waals surface area contributed by atoms with Crippen molar-refractivity contribution in [1.29, 1.82) is 0 Å². The quantitative estimate of drug-likeness (QED) is 0.305. The van der Waals surface area contributed by atoms with E-state index in [4.69, 9.17) is 21.2 Å². The van der Waals surface area contributed by atoms with Crippen molar-refractivity contribution in [3.05, 3.63) is 93.5 Å². The zero-order chi connectivity index (χ0) is 24.0. The van der Waals surface area contributed by atoms with Crippen LogP contribution in [0.4, 0.5) is 17.1 Å². The molecule has 2 saturated heterocycles. The number of nitro groups is 1. The molecule has 0 radical (unpaired) electrons. The molecule has 2 heterocycles. The Labute approximate surface area is 199 Å². The molecule has 2 aliphatic rings. The molecule has 2 amide bonds. The van der Waals surface area contributed by atoms with Gasteiger partial charge in [-0.1, -0.05) is 23.7 Å². The Hall–Kier alpha value is -3.95. The third-order valence-electron chi connectivity index (χ3n) is 5.95. The van der Waals surface area contributed by atoms with Gasteiger partial charge in [0.15, 0.2) is 6.10 Å². The fourth-order valence-corrected chi connectivity index (χ4v) is 4.50. The number of nitrogens with zero attached hydrogens (tertiary/aromatic N) is 3. The average Bonchev–Trinajstić information content (AvgIpc) is 3.35. The molecule has 0 aliphatic carbocycles. The predicted molar refractivity (Wildman–Crippen MR) is 124 cm³/mol. The number of halogens is 1. The van der Waals surface area contributed by atoms with Crippen LogP contribution in [-0.4, -0.2) is 30.0 Å². The Morgan fingerprint density at radius 1 is 0.971 bits per heavy atom. The molecule has 9 nitrogen and oxygen atoms in total. The molecule has 172 valence electrons. The number of nitro benzene ring substituents is 1. The third kappa shape index (κ3) is 3.55. The standard InChI is InChI=1S/C24H18ClN3O6/c1-33-19-11-9-16(10-12-19)26-23(29)20-21(14-3-2-4-18(13-14)28(31)32)27(34-22(20)24(26)30)17-7-5-15(25)6-8-17/h2-13,20-22H,1H3/t20-,21-,22-/m1/s1. The van der Waals surface area contributed by atoms with Crippen LogP contribution in [0.15, 0.2) is 72.8 Å². The van der Waals surface area contributed by atoms with Crippen LogP contribution in [0, 0.1) is 16.0 Å². The molecule has 0 unspecified atom stereocenters. The number of hydrogen-bond acceptors (Lipinski definition) is 7. The first kappa shape index (κ1) is 21.9. The topological polar surface area (TPSA) is 102 Å². The van der Waals surface area contributed by atoms with Crippen LogP contribution in [0.3, 0.4) is 0 Å². The molecule has 0 spiro atoms. The van der Waals surface area contributed by atoms with E-state index in [0.29, 0.717) is 27.7 Å². The van der Waals surface area contributed by atoms with E-state index in [1.54, 1.807) is 60.7 Å². The van der Waals surface area contributed by atoms with Gasteiger partial charge in [-0.2, -0.15) is 0 Å². The molecule has 34 heavy (non-hydrogen) atoms. The Morgan fingerprint density at radius 3 is 2.29 bits per heavy atom. The number of hydroxylamine groups is 1. The van der Waals surface area contributed by atoms with E-state index in [1.807, 2.05) is 0 Å². The van der Waals surface area contributed by atoms with Gasteiger partial charge in [0.05, 0.1) is 29.4 Å². The maximum Gasteiger partial charge on any atom is 0.269 e. The lowest BCUT2D eigenvalue weighted by Gasteiger charge is -2.28. The summed E-state index contributed by atoms with van der Waals surface area (Å²) in [4.78, 5) is 45.0. The molecule has 10 heteroatoms. The van der Waals surface area contributed by atoms with Gasteiger partial charge in [0.25, 0.3) is 11.6 Å². The molecule has 0 N–H and O–H groups in total. The summed E-state index contributed by atoms with van der Waals surface area (Å²) in [5.74, 6) is -1.28. The number of rotatable bonds is 5. The van der Waals surface area contributed by atoms with E-state index < -0.39 is 34.8 Å². The number of fused-ring (bicyclic) bond motifs is 1. The lowest BCUT2D eigenvalue weighted by Crippen LogP contribution is -2.37. The fraction of sp³-hybridized carbons (Fsp3) is 0.167. The molecule has 2 fully saturated rings. The van der Waals surface area contributed by atoms with Gasteiger partial charge in [0.1, 0.15) is 11.7 Å². The van der Waals surface area contributed by atoms with Gasteiger partial charge in [-0.3, -0.25) is 24.5 Å². The minimum atomic E-state index is -1.09. The minimum absolute atomic E-state index is 0.124. The van der Waals surface area contributed by atoms with Crippen molar-refractivity contribution in [1.82, 2.24) is 0 Å². The molecule has 3 atom stereocenters. The van der Waals surface area contributed by atoms with E-state index in [9.17, 15) is 19.7 Å². The highest BCUT2D eigenvalue weighted by Gasteiger charge is 2.60. The van der Waals surface area contributed by atoms with Crippen molar-refractivity contribution in [2.45, 2.75) is 12.1 Å². The summed E-state index contributed by atoms with van der Waals surface area (Å²) in [6.45, 7) is 0. The van der Waals surface area contributed by atoms with E-state index in [0.717, 1.165) is 4.90 Å². The lowest BCUT2D eigenvalue weighted by atomic mass is 9.90. The van der Waals surface area contributed by atoms with Crippen LogP contribution in [0.5, 0.6) is 5.75 Å². The highest BCUT2D eigenvalue weighted by atomic mass is 35.5. The van der Waals surface area contributed by atoms with Gasteiger partial charge in [-0.15, -0.1) is 0 Å². The zero-order valence-electron chi connectivity index (χ0n) is 17.8. The Balaban J connectivity index is 1.58. The summed E-state index contributed by atoms with van der Waals surface area (Å²) in [5.41, 5.74) is 1.31. The maximum absolute atomic E-state index is 13.6. The third-order valence-corrected chi connectivity index (χ3v) is 6.20. The summed E-state index contributed by atoms with van der Waals surface area (Å²) in [6.07, 6.45) is -1.09. The van der Waals surface area contributed by atoms with E-state index in [1.165, 1.54) is 24.3 Å². The van der Waals surface area contributed by atoms with Crippen LogP contribution in [-0.2, 0) is 14.4 Å². The zero-order valence-corrected chi connectivity index (χ0v) is 18.6. The molecule has 3 aromatic rings. The second kappa shape index (κ2) is 8.44. The second-order valence-corrected chi connectivity index (χ2v) is 8.30. The molecule has 3 aromatic carbocycles. The highest BCUT2D eigenvalue weighted by molar-refractivity contribution is 6.30. The van der Waals surface area contributed by atoms with Crippen molar-refractivity contribution in [3.8, 4) is 5.75 Å².